The molecule has 3 aromatic rings. The van der Waals surface area contributed by atoms with Gasteiger partial charge in [0.1, 0.15) is 0 Å². The summed E-state index contributed by atoms with van der Waals surface area (Å²) in [5, 5.41) is 4.03. The topological polar surface area (TPSA) is 62.5 Å². The first kappa shape index (κ1) is 19.2. The Kier molecular flexibility index (Phi) is 5.34. The number of carbonyl (C=O) groups excluding carboxylic acids is 1. The van der Waals surface area contributed by atoms with Gasteiger partial charge in [0.2, 0.25) is 11.7 Å². The summed E-state index contributed by atoms with van der Waals surface area (Å²) in [6.45, 7) is 9.13. The minimum atomic E-state index is 0.121. The maximum absolute atomic E-state index is 12.9. The van der Waals surface area contributed by atoms with Crippen molar-refractivity contribution >= 4 is 11.6 Å². The van der Waals surface area contributed by atoms with Gasteiger partial charge in [-0.2, -0.15) is 4.98 Å². The zero-order valence-corrected chi connectivity index (χ0v) is 17.2. The number of amides is 1. The average molecular weight is 390 g/mol. The van der Waals surface area contributed by atoms with Gasteiger partial charge in [0.15, 0.2) is 0 Å². The van der Waals surface area contributed by atoms with Crippen molar-refractivity contribution in [2.75, 3.05) is 31.1 Å². The minimum absolute atomic E-state index is 0.121. The number of nitrogens with zero attached hydrogens (tertiary/aromatic N) is 4. The molecule has 150 valence electrons. The number of hydrogen-bond acceptors (Lipinski definition) is 5. The lowest BCUT2D eigenvalue weighted by Crippen LogP contribution is -2.48. The number of benzene rings is 2. The molecule has 4 rings (SSSR count). The van der Waals surface area contributed by atoms with Crippen molar-refractivity contribution in [2.24, 2.45) is 0 Å². The lowest BCUT2D eigenvalue weighted by atomic mass is 10.1. The number of rotatable bonds is 4. The Morgan fingerprint density at radius 3 is 2.24 bits per heavy atom. The fourth-order valence-corrected chi connectivity index (χ4v) is 3.79. The van der Waals surface area contributed by atoms with Crippen LogP contribution in [0.3, 0.4) is 0 Å². The summed E-state index contributed by atoms with van der Waals surface area (Å²) < 4.78 is 5.19. The van der Waals surface area contributed by atoms with Crippen LogP contribution in [0.5, 0.6) is 0 Å². The first-order chi connectivity index (χ1) is 14.0. The van der Waals surface area contributed by atoms with Crippen LogP contribution in [0, 0.1) is 13.8 Å². The summed E-state index contributed by atoms with van der Waals surface area (Å²) in [6, 6.07) is 14.2. The molecule has 1 fully saturated rings. The van der Waals surface area contributed by atoms with Crippen LogP contribution in [-0.4, -0.2) is 47.1 Å². The summed E-state index contributed by atoms with van der Waals surface area (Å²) in [4.78, 5) is 21.5. The monoisotopic (exact) mass is 390 g/mol. The van der Waals surface area contributed by atoms with Crippen LogP contribution in [0.4, 0.5) is 5.69 Å². The van der Waals surface area contributed by atoms with E-state index >= 15 is 0 Å². The number of aromatic nitrogens is 2. The Morgan fingerprint density at radius 2 is 1.66 bits per heavy atom. The molecule has 0 spiro atoms. The van der Waals surface area contributed by atoms with Crippen LogP contribution < -0.4 is 4.90 Å². The average Bonchev–Trinajstić information content (AvgIpc) is 3.22. The maximum atomic E-state index is 12.9. The Labute approximate surface area is 171 Å². The van der Waals surface area contributed by atoms with Gasteiger partial charge < -0.3 is 14.3 Å². The highest BCUT2D eigenvalue weighted by molar-refractivity contribution is 5.94. The summed E-state index contributed by atoms with van der Waals surface area (Å²) >= 11 is 0. The molecule has 0 aliphatic carbocycles. The summed E-state index contributed by atoms with van der Waals surface area (Å²) in [5.41, 5.74) is 5.12. The third-order valence-electron chi connectivity index (χ3n) is 5.30. The number of anilines is 1. The second-order valence-electron chi connectivity index (χ2n) is 7.57. The Balaban J connectivity index is 1.39. The molecular weight excluding hydrogens is 364 g/mol. The predicted molar refractivity (Wildman–Crippen MR) is 113 cm³/mol. The van der Waals surface area contributed by atoms with Gasteiger partial charge in [-0.25, -0.2) is 0 Å². The van der Waals surface area contributed by atoms with E-state index in [4.69, 9.17) is 4.52 Å². The number of piperazine rings is 1. The van der Waals surface area contributed by atoms with Crippen molar-refractivity contribution in [1.29, 1.82) is 0 Å². The van der Waals surface area contributed by atoms with Crippen molar-refractivity contribution < 1.29 is 9.32 Å². The normalized spacial score (nSPS) is 14.3. The van der Waals surface area contributed by atoms with Crippen molar-refractivity contribution in [3.63, 3.8) is 0 Å². The number of carbonyl (C=O) groups is 1. The molecule has 0 atom stereocenters. The van der Waals surface area contributed by atoms with Crippen LogP contribution in [0.2, 0.25) is 0 Å². The first-order valence-electron chi connectivity index (χ1n) is 10.1. The van der Waals surface area contributed by atoms with E-state index in [-0.39, 0.29) is 5.91 Å². The van der Waals surface area contributed by atoms with Crippen LogP contribution in [0.15, 0.2) is 47.0 Å². The van der Waals surface area contributed by atoms with Gasteiger partial charge in [-0.1, -0.05) is 29.3 Å². The second kappa shape index (κ2) is 8.07. The maximum Gasteiger partial charge on any atom is 0.253 e. The lowest BCUT2D eigenvalue weighted by molar-refractivity contribution is 0.0746. The first-order valence-corrected chi connectivity index (χ1v) is 10.1. The highest BCUT2D eigenvalue weighted by Gasteiger charge is 2.22. The summed E-state index contributed by atoms with van der Waals surface area (Å²) in [5.74, 6) is 1.39. The molecule has 0 N–H and O–H groups in total. The molecule has 6 nitrogen and oxygen atoms in total. The van der Waals surface area contributed by atoms with Gasteiger partial charge in [0.25, 0.3) is 5.91 Å². The molecule has 29 heavy (non-hydrogen) atoms. The molecule has 0 radical (unpaired) electrons. The van der Waals surface area contributed by atoms with Crippen LogP contribution in [0.25, 0.3) is 11.4 Å². The van der Waals surface area contributed by atoms with Crippen molar-refractivity contribution in [1.82, 2.24) is 15.0 Å². The van der Waals surface area contributed by atoms with Gasteiger partial charge in [-0.3, -0.25) is 4.79 Å². The van der Waals surface area contributed by atoms with E-state index < -0.39 is 0 Å². The summed E-state index contributed by atoms with van der Waals surface area (Å²) in [7, 11) is 0. The third kappa shape index (κ3) is 4.16. The molecule has 1 amide bonds. The quantitative estimate of drug-likeness (QED) is 0.677. The van der Waals surface area contributed by atoms with E-state index in [1.54, 1.807) is 0 Å². The second-order valence-corrected chi connectivity index (χ2v) is 7.57. The molecule has 0 bridgehead atoms. The standard InChI is InChI=1S/C23H26N4O2/c1-4-21-24-22(25-29-21)18-5-7-20(8-6-18)26-9-11-27(12-10-26)23(28)19-14-16(2)13-17(3)15-19/h5-8,13-15H,4,9-12H2,1-3H3. The van der Waals surface area contributed by atoms with E-state index in [1.807, 2.05) is 49.9 Å². The smallest absolute Gasteiger partial charge is 0.253 e. The molecule has 0 unspecified atom stereocenters. The number of hydrogen-bond donors (Lipinski definition) is 0. The fraction of sp³-hybridized carbons (Fsp3) is 0.348. The van der Waals surface area contributed by atoms with E-state index in [1.165, 1.54) is 0 Å². The van der Waals surface area contributed by atoms with Crippen molar-refractivity contribution in [2.45, 2.75) is 27.2 Å². The Hall–Kier alpha value is -3.15. The van der Waals surface area contributed by atoms with Crippen molar-refractivity contribution in [3.8, 4) is 11.4 Å². The molecule has 1 aromatic heterocycles. The van der Waals surface area contributed by atoms with Crippen LogP contribution in [0.1, 0.15) is 34.3 Å². The molecule has 6 heteroatoms. The SMILES string of the molecule is CCc1nc(-c2ccc(N3CCN(C(=O)c4cc(C)cc(C)c4)CC3)cc2)no1. The molecule has 2 aromatic carbocycles. The number of aryl methyl sites for hydroxylation is 3. The highest BCUT2D eigenvalue weighted by atomic mass is 16.5. The molecule has 1 aliphatic rings. The molecule has 0 saturated carbocycles. The van der Waals surface area contributed by atoms with E-state index in [0.29, 0.717) is 11.7 Å². The largest absolute Gasteiger partial charge is 0.368 e. The van der Waals surface area contributed by atoms with Gasteiger partial charge >= 0.3 is 0 Å². The molecule has 1 aliphatic heterocycles. The minimum Gasteiger partial charge on any atom is -0.368 e. The zero-order chi connectivity index (χ0) is 20.4. The zero-order valence-electron chi connectivity index (χ0n) is 17.2. The predicted octanol–water partition coefficient (Wildman–Crippen LogP) is 3.88. The van der Waals surface area contributed by atoms with E-state index in [9.17, 15) is 4.79 Å². The summed E-state index contributed by atoms with van der Waals surface area (Å²) in [6.07, 6.45) is 0.732. The van der Waals surface area contributed by atoms with E-state index in [2.05, 4.69) is 33.2 Å². The van der Waals surface area contributed by atoms with Gasteiger partial charge in [0.05, 0.1) is 0 Å². The third-order valence-corrected chi connectivity index (χ3v) is 5.30. The van der Waals surface area contributed by atoms with Gasteiger partial charge in [-0.15, -0.1) is 0 Å². The molecule has 1 saturated heterocycles. The molecular formula is C23H26N4O2. The highest BCUT2D eigenvalue weighted by Crippen LogP contribution is 2.23. The van der Waals surface area contributed by atoms with E-state index in [0.717, 1.165) is 60.5 Å². The fourth-order valence-electron chi connectivity index (χ4n) is 3.79. The Bertz CT molecular complexity index is 982. The van der Waals surface area contributed by atoms with Crippen LogP contribution in [-0.2, 0) is 6.42 Å². The van der Waals surface area contributed by atoms with Gasteiger partial charge in [0, 0.05) is 49.4 Å². The van der Waals surface area contributed by atoms with Crippen LogP contribution >= 0.6 is 0 Å². The lowest BCUT2D eigenvalue weighted by Gasteiger charge is -2.36. The Morgan fingerprint density at radius 1 is 1.00 bits per heavy atom. The van der Waals surface area contributed by atoms with Gasteiger partial charge in [-0.05, 0) is 50.2 Å². The van der Waals surface area contributed by atoms with Crippen molar-refractivity contribution in [3.05, 3.63) is 65.0 Å². The molecule has 2 heterocycles.